The van der Waals surface area contributed by atoms with Crippen LogP contribution in [0.25, 0.3) is 0 Å². The molecule has 168 valence electrons. The largest absolute Gasteiger partial charge is 0.314 e. The number of hydrogen-bond donors (Lipinski definition) is 0. The first-order chi connectivity index (χ1) is 15.1. The maximum absolute atomic E-state index is 13.4. The van der Waals surface area contributed by atoms with Gasteiger partial charge in [-0.05, 0) is 66.2 Å². The van der Waals surface area contributed by atoms with Gasteiger partial charge < -0.3 is 4.90 Å². The Labute approximate surface area is 201 Å². The van der Waals surface area contributed by atoms with Crippen molar-refractivity contribution in [3.05, 3.63) is 93.2 Å². The number of nitrogens with zero attached hydrogens (tertiary/aromatic N) is 2. The van der Waals surface area contributed by atoms with E-state index in [1.54, 1.807) is 12.1 Å². The monoisotopic (exact) mass is 514 g/mol. The first kappa shape index (κ1) is 24.5. The van der Waals surface area contributed by atoms with Crippen LogP contribution in [0.2, 0.25) is 15.1 Å². The molecule has 0 atom stereocenters. The molecule has 3 aromatic rings. The van der Waals surface area contributed by atoms with Crippen molar-refractivity contribution in [1.29, 1.82) is 0 Å². The second kappa shape index (κ2) is 10.2. The molecule has 0 aliphatic rings. The summed E-state index contributed by atoms with van der Waals surface area (Å²) in [5.74, 6) is -0.960. The molecular weight excluding hydrogens is 498 g/mol. The van der Waals surface area contributed by atoms with E-state index in [9.17, 15) is 17.6 Å². The van der Waals surface area contributed by atoms with Crippen LogP contribution in [0.4, 0.5) is 10.1 Å². The molecule has 3 aromatic carbocycles. The van der Waals surface area contributed by atoms with Crippen molar-refractivity contribution < 1.29 is 17.6 Å². The predicted molar refractivity (Wildman–Crippen MR) is 125 cm³/mol. The molecule has 0 saturated carbocycles. The minimum Gasteiger partial charge on any atom is -0.314 e. The van der Waals surface area contributed by atoms with Gasteiger partial charge in [0.05, 0.1) is 11.4 Å². The van der Waals surface area contributed by atoms with Crippen molar-refractivity contribution in [1.82, 2.24) is 4.31 Å². The van der Waals surface area contributed by atoms with Gasteiger partial charge in [-0.2, -0.15) is 4.31 Å². The Kier molecular flexibility index (Phi) is 7.79. The van der Waals surface area contributed by atoms with Gasteiger partial charge >= 0.3 is 0 Å². The van der Waals surface area contributed by atoms with E-state index in [4.69, 9.17) is 34.8 Å². The van der Waals surface area contributed by atoms with Crippen LogP contribution in [0.5, 0.6) is 0 Å². The summed E-state index contributed by atoms with van der Waals surface area (Å²) >= 11 is 18.1. The Morgan fingerprint density at radius 2 is 1.50 bits per heavy atom. The fourth-order valence-corrected chi connectivity index (χ4v) is 4.85. The number of anilines is 1. The zero-order chi connectivity index (χ0) is 23.5. The molecule has 32 heavy (non-hydrogen) atoms. The van der Waals surface area contributed by atoms with Crippen LogP contribution < -0.4 is 4.90 Å². The summed E-state index contributed by atoms with van der Waals surface area (Å²) in [6.45, 7) is -0.637. The van der Waals surface area contributed by atoms with E-state index in [1.807, 2.05) is 0 Å². The SMILES string of the molecule is CN(C(=O)CN(Cc1ccc(Cl)cc1Cl)S(=O)(=O)c1ccc(Cl)cc1)c1ccc(F)cc1. The number of benzene rings is 3. The highest BCUT2D eigenvalue weighted by Crippen LogP contribution is 2.26. The van der Waals surface area contributed by atoms with Crippen LogP contribution in [0.3, 0.4) is 0 Å². The predicted octanol–water partition coefficient (Wildman–Crippen LogP) is 5.64. The number of carbonyl (C=O) groups is 1. The second-order valence-corrected chi connectivity index (χ2v) is 10.1. The molecule has 0 aliphatic heterocycles. The molecule has 0 aliphatic carbocycles. The summed E-state index contributed by atoms with van der Waals surface area (Å²) in [6, 6.07) is 15.6. The zero-order valence-electron chi connectivity index (χ0n) is 16.8. The van der Waals surface area contributed by atoms with Crippen LogP contribution >= 0.6 is 34.8 Å². The number of likely N-dealkylation sites (N-methyl/N-ethyl adjacent to an activating group) is 1. The van der Waals surface area contributed by atoms with Gasteiger partial charge in [0, 0.05) is 34.3 Å². The summed E-state index contributed by atoms with van der Waals surface area (Å²) in [6.07, 6.45) is 0. The number of rotatable bonds is 7. The smallest absolute Gasteiger partial charge is 0.243 e. The van der Waals surface area contributed by atoms with E-state index in [-0.39, 0.29) is 16.5 Å². The van der Waals surface area contributed by atoms with Gasteiger partial charge in [0.1, 0.15) is 5.82 Å². The molecule has 0 aromatic heterocycles. The highest BCUT2D eigenvalue weighted by molar-refractivity contribution is 7.89. The summed E-state index contributed by atoms with van der Waals surface area (Å²) in [4.78, 5) is 14.2. The standard InChI is InChI=1S/C22H18Cl3FN2O3S/c1-27(19-8-6-18(26)7-9-19)22(29)14-28(13-15-2-3-17(24)12-21(15)25)32(30,31)20-10-4-16(23)5-11-20/h2-12H,13-14H2,1H3. The summed E-state index contributed by atoms with van der Waals surface area (Å²) < 4.78 is 41.0. The van der Waals surface area contributed by atoms with Crippen LogP contribution in [-0.2, 0) is 21.4 Å². The minimum atomic E-state index is -4.08. The fourth-order valence-electron chi connectivity index (χ4n) is 2.89. The van der Waals surface area contributed by atoms with Crippen LogP contribution in [0, 0.1) is 5.82 Å². The number of hydrogen-bond acceptors (Lipinski definition) is 3. The maximum atomic E-state index is 13.4. The molecule has 0 saturated heterocycles. The van der Waals surface area contributed by atoms with Crippen molar-refractivity contribution in [2.75, 3.05) is 18.5 Å². The Hall–Kier alpha value is -2.16. The van der Waals surface area contributed by atoms with E-state index < -0.39 is 28.3 Å². The lowest BCUT2D eigenvalue weighted by Crippen LogP contribution is -2.41. The third-order valence-electron chi connectivity index (χ3n) is 4.71. The van der Waals surface area contributed by atoms with Crippen molar-refractivity contribution >= 4 is 56.4 Å². The Morgan fingerprint density at radius 1 is 0.906 bits per heavy atom. The molecule has 1 amide bonds. The van der Waals surface area contributed by atoms with Gasteiger partial charge in [-0.15, -0.1) is 0 Å². The highest BCUT2D eigenvalue weighted by Gasteiger charge is 2.29. The van der Waals surface area contributed by atoms with Crippen molar-refractivity contribution in [3.8, 4) is 0 Å². The molecule has 0 radical (unpaired) electrons. The van der Waals surface area contributed by atoms with Gasteiger partial charge in [0.25, 0.3) is 0 Å². The molecule has 0 heterocycles. The first-order valence-electron chi connectivity index (χ1n) is 9.29. The topological polar surface area (TPSA) is 57.7 Å². The summed E-state index contributed by atoms with van der Waals surface area (Å²) in [5, 5.41) is 1.05. The zero-order valence-corrected chi connectivity index (χ0v) is 19.9. The van der Waals surface area contributed by atoms with E-state index >= 15 is 0 Å². The van der Waals surface area contributed by atoms with Gasteiger partial charge in [-0.25, -0.2) is 12.8 Å². The molecule has 0 bridgehead atoms. The summed E-state index contributed by atoms with van der Waals surface area (Å²) in [5.41, 5.74) is 0.899. The van der Waals surface area contributed by atoms with Crippen LogP contribution in [-0.4, -0.2) is 32.2 Å². The van der Waals surface area contributed by atoms with Crippen LogP contribution in [0.15, 0.2) is 71.6 Å². The minimum absolute atomic E-state index is 0.0239. The van der Waals surface area contributed by atoms with E-state index in [2.05, 4.69) is 0 Å². The average molecular weight is 516 g/mol. The summed E-state index contributed by atoms with van der Waals surface area (Å²) in [7, 11) is -2.60. The van der Waals surface area contributed by atoms with E-state index in [0.29, 0.717) is 21.3 Å². The molecule has 0 unspecified atom stereocenters. The number of sulfonamides is 1. The van der Waals surface area contributed by atoms with E-state index in [1.165, 1.54) is 66.5 Å². The van der Waals surface area contributed by atoms with Crippen molar-refractivity contribution in [2.24, 2.45) is 0 Å². The van der Waals surface area contributed by atoms with Gasteiger partial charge in [-0.1, -0.05) is 40.9 Å². The van der Waals surface area contributed by atoms with Gasteiger partial charge in [-0.3, -0.25) is 4.79 Å². The number of carbonyl (C=O) groups excluding carboxylic acids is 1. The Bertz CT molecular complexity index is 1220. The lowest BCUT2D eigenvalue weighted by Gasteiger charge is -2.25. The highest BCUT2D eigenvalue weighted by atomic mass is 35.5. The Balaban J connectivity index is 1.94. The molecular formula is C22H18Cl3FN2O3S. The molecule has 3 rings (SSSR count). The van der Waals surface area contributed by atoms with Gasteiger partial charge in [0.15, 0.2) is 0 Å². The third-order valence-corrected chi connectivity index (χ3v) is 7.36. The molecule has 0 spiro atoms. The maximum Gasteiger partial charge on any atom is 0.243 e. The fraction of sp³-hybridized carbons (Fsp3) is 0.136. The van der Waals surface area contributed by atoms with Crippen LogP contribution in [0.1, 0.15) is 5.56 Å². The van der Waals surface area contributed by atoms with Gasteiger partial charge in [0.2, 0.25) is 15.9 Å². The lowest BCUT2D eigenvalue weighted by molar-refractivity contribution is -0.118. The van der Waals surface area contributed by atoms with E-state index in [0.717, 1.165) is 4.31 Å². The quantitative estimate of drug-likeness (QED) is 0.409. The van der Waals surface area contributed by atoms with Crippen molar-refractivity contribution in [3.63, 3.8) is 0 Å². The number of amides is 1. The normalized spacial score (nSPS) is 11.6. The molecule has 0 fully saturated rings. The lowest BCUT2D eigenvalue weighted by atomic mass is 10.2. The Morgan fingerprint density at radius 3 is 2.09 bits per heavy atom. The molecule has 10 heteroatoms. The molecule has 5 nitrogen and oxygen atoms in total. The second-order valence-electron chi connectivity index (χ2n) is 6.89. The molecule has 0 N–H and O–H groups in total. The average Bonchev–Trinajstić information content (AvgIpc) is 2.75. The van der Waals surface area contributed by atoms with Crippen molar-refractivity contribution in [2.45, 2.75) is 11.4 Å². The number of halogens is 4. The third kappa shape index (κ3) is 5.79. The first-order valence-corrected chi connectivity index (χ1v) is 11.9.